The lowest BCUT2D eigenvalue weighted by Gasteiger charge is -2.33. The van der Waals surface area contributed by atoms with Crippen LogP contribution in [0.2, 0.25) is 0 Å². The van der Waals surface area contributed by atoms with Crippen LogP contribution in [0.3, 0.4) is 0 Å². The summed E-state index contributed by atoms with van der Waals surface area (Å²) in [5.41, 5.74) is 2.07. The zero-order valence-electron chi connectivity index (χ0n) is 18.7. The van der Waals surface area contributed by atoms with Gasteiger partial charge >= 0.3 is 0 Å². The number of halogens is 1. The first kappa shape index (κ1) is 25.4. The van der Waals surface area contributed by atoms with Crippen molar-refractivity contribution in [1.29, 1.82) is 0 Å². The summed E-state index contributed by atoms with van der Waals surface area (Å²) in [4.78, 5) is 11.2. The number of nitrogens with zero attached hydrogens (tertiary/aromatic N) is 3. The topological polar surface area (TPSA) is 61.8 Å². The second-order valence-corrected chi connectivity index (χ2v) is 7.84. The molecule has 1 unspecified atom stereocenters. The van der Waals surface area contributed by atoms with Crippen molar-refractivity contribution >= 4 is 29.9 Å². The van der Waals surface area contributed by atoms with E-state index in [-0.39, 0.29) is 24.0 Å². The van der Waals surface area contributed by atoms with Gasteiger partial charge in [-0.2, -0.15) is 0 Å². The van der Waals surface area contributed by atoms with Gasteiger partial charge < -0.3 is 20.3 Å². The van der Waals surface area contributed by atoms with Crippen molar-refractivity contribution in [3.05, 3.63) is 59.9 Å². The van der Waals surface area contributed by atoms with E-state index in [9.17, 15) is 0 Å². The maximum atomic E-state index is 5.87. The van der Waals surface area contributed by atoms with Crippen LogP contribution in [0.25, 0.3) is 0 Å². The molecule has 0 saturated carbocycles. The van der Waals surface area contributed by atoms with Crippen molar-refractivity contribution < 1.29 is 4.74 Å². The number of aromatic nitrogens is 1. The number of benzene rings is 1. The van der Waals surface area contributed by atoms with E-state index in [0.29, 0.717) is 13.2 Å². The Labute approximate surface area is 203 Å². The average Bonchev–Trinajstić information content (AvgIpc) is 2.79. The highest BCUT2D eigenvalue weighted by atomic mass is 127. The Hall–Kier alpha value is -1.87. The van der Waals surface area contributed by atoms with E-state index in [1.54, 1.807) is 6.20 Å². The van der Waals surface area contributed by atoms with E-state index >= 15 is 0 Å². The molecule has 0 aliphatic carbocycles. The van der Waals surface area contributed by atoms with E-state index in [0.717, 1.165) is 48.5 Å². The van der Waals surface area contributed by atoms with E-state index in [4.69, 9.17) is 4.74 Å². The summed E-state index contributed by atoms with van der Waals surface area (Å²) in [6, 6.07) is 14.7. The minimum Gasteiger partial charge on any atom is -0.487 e. The molecular weight excluding hydrogens is 501 g/mol. The first-order valence-electron chi connectivity index (χ1n) is 11.0. The Morgan fingerprint density at radius 3 is 2.87 bits per heavy atom. The second-order valence-electron chi connectivity index (χ2n) is 7.84. The molecule has 0 amide bonds. The Bertz CT molecular complexity index is 787. The molecule has 1 aliphatic rings. The molecule has 0 spiro atoms. The average molecular weight is 537 g/mol. The van der Waals surface area contributed by atoms with Crippen molar-refractivity contribution in [3.8, 4) is 5.75 Å². The number of hydrogen-bond acceptors (Lipinski definition) is 4. The molecule has 6 nitrogen and oxygen atoms in total. The summed E-state index contributed by atoms with van der Waals surface area (Å²) in [7, 11) is 1.81. The summed E-state index contributed by atoms with van der Waals surface area (Å²) >= 11 is 0. The van der Waals surface area contributed by atoms with Gasteiger partial charge in [-0.05, 0) is 62.6 Å². The molecule has 1 atom stereocenters. The normalized spacial score (nSPS) is 17.0. The fourth-order valence-corrected chi connectivity index (χ4v) is 3.77. The number of guanidine groups is 1. The number of hydrogen-bond donors (Lipinski definition) is 2. The lowest BCUT2D eigenvalue weighted by molar-refractivity contribution is 0.159. The Morgan fingerprint density at radius 2 is 2.10 bits per heavy atom. The number of rotatable bonds is 9. The molecule has 7 heteroatoms. The lowest BCUT2D eigenvalue weighted by Crippen LogP contribution is -2.41. The molecule has 0 radical (unpaired) electrons. The van der Waals surface area contributed by atoms with Crippen molar-refractivity contribution in [3.63, 3.8) is 0 Å². The first-order chi connectivity index (χ1) is 14.7. The molecule has 2 N–H and O–H groups in total. The Balaban J connectivity index is 0.00000341. The fourth-order valence-electron chi connectivity index (χ4n) is 3.77. The highest BCUT2D eigenvalue weighted by molar-refractivity contribution is 14.0. The molecular formula is C24H36IN5O. The zero-order chi connectivity index (χ0) is 21.0. The Kier molecular flexibility index (Phi) is 11.7. The van der Waals surface area contributed by atoms with Crippen LogP contribution in [-0.4, -0.2) is 48.6 Å². The maximum absolute atomic E-state index is 5.87. The number of nitrogens with one attached hydrogen (secondary N) is 2. The van der Waals surface area contributed by atoms with Crippen LogP contribution in [-0.2, 0) is 13.2 Å². The largest absolute Gasteiger partial charge is 0.487 e. The molecule has 1 fully saturated rings. The van der Waals surface area contributed by atoms with Crippen LogP contribution < -0.4 is 15.4 Å². The molecule has 2 aromatic rings. The molecule has 31 heavy (non-hydrogen) atoms. The van der Waals surface area contributed by atoms with Crippen LogP contribution >= 0.6 is 24.0 Å². The third-order valence-corrected chi connectivity index (χ3v) is 5.55. The van der Waals surface area contributed by atoms with Crippen molar-refractivity contribution in [2.45, 2.75) is 51.8 Å². The number of ether oxygens (including phenoxy) is 1. The van der Waals surface area contributed by atoms with Gasteiger partial charge in [-0.15, -0.1) is 24.0 Å². The smallest absolute Gasteiger partial charge is 0.191 e. The quantitative estimate of drug-likeness (QED) is 0.217. The van der Waals surface area contributed by atoms with Crippen molar-refractivity contribution in [1.82, 2.24) is 20.5 Å². The summed E-state index contributed by atoms with van der Waals surface area (Å²) < 4.78 is 5.87. The van der Waals surface area contributed by atoms with Gasteiger partial charge in [-0.3, -0.25) is 9.98 Å². The minimum absolute atomic E-state index is 0. The van der Waals surface area contributed by atoms with Crippen molar-refractivity contribution in [2.24, 2.45) is 4.99 Å². The predicted octanol–water partition coefficient (Wildman–Crippen LogP) is 4.21. The summed E-state index contributed by atoms with van der Waals surface area (Å²) in [6.07, 6.45) is 6.96. The molecule has 1 aromatic carbocycles. The van der Waals surface area contributed by atoms with Crippen molar-refractivity contribution in [2.75, 3.05) is 26.7 Å². The molecule has 0 bridgehead atoms. The van der Waals surface area contributed by atoms with Crippen LogP contribution in [0, 0.1) is 0 Å². The van der Waals surface area contributed by atoms with Crippen LogP contribution in [0.5, 0.6) is 5.75 Å². The van der Waals surface area contributed by atoms with Gasteiger partial charge in [0.15, 0.2) is 5.96 Å². The van der Waals surface area contributed by atoms with Gasteiger partial charge in [-0.1, -0.05) is 24.6 Å². The number of likely N-dealkylation sites (tertiary alicyclic amines) is 1. The summed E-state index contributed by atoms with van der Waals surface area (Å²) in [6.45, 7) is 6.84. The third-order valence-electron chi connectivity index (χ3n) is 5.55. The number of pyridine rings is 1. The predicted molar refractivity (Wildman–Crippen MR) is 138 cm³/mol. The molecule has 1 aliphatic heterocycles. The third kappa shape index (κ3) is 9.03. The number of aliphatic imine (C=N–C) groups is 1. The Morgan fingerprint density at radius 1 is 1.19 bits per heavy atom. The highest BCUT2D eigenvalue weighted by Gasteiger charge is 2.17. The summed E-state index contributed by atoms with van der Waals surface area (Å²) in [5.74, 6) is 1.68. The van der Waals surface area contributed by atoms with Crippen LogP contribution in [0.15, 0.2) is 53.7 Å². The SMILES string of the molecule is CN=C(NCCCN1CCCCC1C)NCc1cccc(OCc2ccccn2)c1.I. The second kappa shape index (κ2) is 14.2. The molecule has 3 rings (SSSR count). The van der Waals surface area contributed by atoms with Gasteiger partial charge in [-0.25, -0.2) is 0 Å². The molecule has 170 valence electrons. The van der Waals surface area contributed by atoms with Gasteiger partial charge in [0.05, 0.1) is 5.69 Å². The van der Waals surface area contributed by atoms with E-state index in [1.165, 1.54) is 25.8 Å². The summed E-state index contributed by atoms with van der Waals surface area (Å²) in [5, 5.41) is 6.82. The fraction of sp³-hybridized carbons (Fsp3) is 0.500. The van der Waals surface area contributed by atoms with E-state index < -0.39 is 0 Å². The highest BCUT2D eigenvalue weighted by Crippen LogP contribution is 2.16. The monoisotopic (exact) mass is 537 g/mol. The standard InChI is InChI=1S/C24H35N5O.HI/c1-20-9-4-6-15-29(20)16-8-14-27-24(25-2)28-18-21-10-7-12-23(17-21)30-19-22-11-3-5-13-26-22;/h3,5,7,10-13,17,20H,4,6,8-9,14-16,18-19H2,1-2H3,(H2,25,27,28);1H. The minimum atomic E-state index is 0. The maximum Gasteiger partial charge on any atom is 0.191 e. The molecule has 1 saturated heterocycles. The first-order valence-corrected chi connectivity index (χ1v) is 11.0. The van der Waals surface area contributed by atoms with Crippen LogP contribution in [0.4, 0.5) is 0 Å². The lowest BCUT2D eigenvalue weighted by atomic mass is 10.0. The van der Waals surface area contributed by atoms with Gasteiger partial charge in [0, 0.05) is 38.9 Å². The number of piperidine rings is 1. The van der Waals surface area contributed by atoms with Gasteiger partial charge in [0.25, 0.3) is 0 Å². The molecule has 1 aromatic heterocycles. The molecule has 2 heterocycles. The van der Waals surface area contributed by atoms with Crippen LogP contribution in [0.1, 0.15) is 43.9 Å². The van der Waals surface area contributed by atoms with E-state index in [2.05, 4.69) is 44.6 Å². The van der Waals surface area contributed by atoms with E-state index in [1.807, 2.05) is 37.4 Å². The van der Waals surface area contributed by atoms with Gasteiger partial charge in [0.1, 0.15) is 12.4 Å². The zero-order valence-corrected chi connectivity index (χ0v) is 21.0. The van der Waals surface area contributed by atoms with Gasteiger partial charge in [0.2, 0.25) is 0 Å².